The molecule has 0 saturated carbocycles. The quantitative estimate of drug-likeness (QED) is 0.681. The highest BCUT2D eigenvalue weighted by Crippen LogP contribution is 2.20. The number of nitrogens with zero attached hydrogens (tertiary/aromatic N) is 2. The number of aromatic nitrogens is 2. The van der Waals surface area contributed by atoms with E-state index in [9.17, 15) is 18.0 Å². The molecule has 0 saturated heterocycles. The molecule has 0 atom stereocenters. The van der Waals surface area contributed by atoms with Gasteiger partial charge in [-0.3, -0.25) is 4.79 Å². The minimum absolute atomic E-state index is 0.0510. The van der Waals surface area contributed by atoms with E-state index in [2.05, 4.69) is 14.9 Å². The van der Waals surface area contributed by atoms with Crippen LogP contribution in [0.2, 0.25) is 0 Å². The summed E-state index contributed by atoms with van der Waals surface area (Å²) in [4.78, 5) is 24.3. The van der Waals surface area contributed by atoms with Crippen LogP contribution in [0.5, 0.6) is 0 Å². The van der Waals surface area contributed by atoms with Crippen LogP contribution in [0.25, 0.3) is 10.8 Å². The molecule has 8 nitrogen and oxygen atoms in total. The van der Waals surface area contributed by atoms with E-state index in [1.54, 1.807) is 36.4 Å². The first-order valence-electron chi connectivity index (χ1n) is 7.81. The molecule has 0 radical (unpaired) electrons. The Labute approximate surface area is 155 Å². The Kier molecular flexibility index (Phi) is 4.87. The van der Waals surface area contributed by atoms with E-state index in [0.29, 0.717) is 5.39 Å². The number of hydrogen-bond acceptors (Lipinski definition) is 7. The summed E-state index contributed by atoms with van der Waals surface area (Å²) in [5, 5.41) is 8.09. The van der Waals surface area contributed by atoms with Crippen LogP contribution >= 0.6 is 0 Å². The van der Waals surface area contributed by atoms with E-state index in [0.717, 1.165) is 5.56 Å². The molecular formula is C18H15N3O5S. The predicted molar refractivity (Wildman–Crippen MR) is 96.7 cm³/mol. The molecule has 3 rings (SSSR count). The Balaban J connectivity index is 2.01. The van der Waals surface area contributed by atoms with Gasteiger partial charge in [-0.15, -0.1) is 10.2 Å². The van der Waals surface area contributed by atoms with Crippen molar-refractivity contribution in [2.24, 2.45) is 0 Å². The molecule has 1 amide bonds. The minimum Gasteiger partial charge on any atom is -0.464 e. The number of rotatable bonds is 4. The van der Waals surface area contributed by atoms with E-state index < -0.39 is 21.9 Å². The Morgan fingerprint density at radius 1 is 0.926 bits per heavy atom. The smallest absolute Gasteiger partial charge is 0.359 e. The van der Waals surface area contributed by atoms with Gasteiger partial charge in [-0.25, -0.2) is 17.9 Å². The summed E-state index contributed by atoms with van der Waals surface area (Å²) < 4.78 is 31.5. The van der Waals surface area contributed by atoms with Crippen molar-refractivity contribution >= 4 is 32.7 Å². The number of ether oxygens (including phenoxy) is 1. The minimum atomic E-state index is -4.08. The lowest BCUT2D eigenvalue weighted by Crippen LogP contribution is -2.31. The number of methoxy groups -OCH3 is 1. The van der Waals surface area contributed by atoms with Gasteiger partial charge >= 0.3 is 5.97 Å². The fourth-order valence-corrected chi connectivity index (χ4v) is 3.42. The topological polar surface area (TPSA) is 115 Å². The van der Waals surface area contributed by atoms with Gasteiger partial charge in [0.1, 0.15) is 0 Å². The Hall–Kier alpha value is -3.33. The first kappa shape index (κ1) is 18.5. The third-order valence-corrected chi connectivity index (χ3v) is 5.19. The molecule has 138 valence electrons. The molecule has 0 aliphatic carbocycles. The Bertz CT molecular complexity index is 1140. The van der Waals surface area contributed by atoms with E-state index in [1.165, 1.54) is 19.2 Å². The number of carbonyl (C=O) groups is 2. The van der Waals surface area contributed by atoms with Crippen molar-refractivity contribution < 1.29 is 22.7 Å². The molecule has 1 heterocycles. The van der Waals surface area contributed by atoms with E-state index in [1.807, 2.05) is 11.6 Å². The zero-order valence-corrected chi connectivity index (χ0v) is 15.3. The largest absolute Gasteiger partial charge is 0.464 e. The molecule has 27 heavy (non-hydrogen) atoms. The van der Waals surface area contributed by atoms with Crippen LogP contribution in [0.4, 0.5) is 0 Å². The second-order valence-corrected chi connectivity index (χ2v) is 7.36. The number of sulfonamides is 1. The second kappa shape index (κ2) is 7.12. The fourth-order valence-electron chi connectivity index (χ4n) is 2.47. The summed E-state index contributed by atoms with van der Waals surface area (Å²) in [5.74, 6) is -1.66. The van der Waals surface area contributed by atoms with Crippen molar-refractivity contribution in [3.8, 4) is 0 Å². The molecule has 9 heteroatoms. The van der Waals surface area contributed by atoms with Crippen LogP contribution in [0.1, 0.15) is 26.5 Å². The molecule has 1 N–H and O–H groups in total. The van der Waals surface area contributed by atoms with Crippen LogP contribution in [-0.2, 0) is 14.8 Å². The van der Waals surface area contributed by atoms with Crippen LogP contribution in [-0.4, -0.2) is 37.6 Å². The summed E-state index contributed by atoms with van der Waals surface area (Å²) in [5.41, 5.74) is 0.607. The van der Waals surface area contributed by atoms with Gasteiger partial charge in [-0.2, -0.15) is 0 Å². The highest BCUT2D eigenvalue weighted by Gasteiger charge is 2.24. The van der Waals surface area contributed by atoms with Crippen molar-refractivity contribution in [1.82, 2.24) is 14.9 Å². The summed E-state index contributed by atoms with van der Waals surface area (Å²) in [7, 11) is -2.88. The van der Waals surface area contributed by atoms with Crippen molar-refractivity contribution in [2.45, 2.75) is 11.8 Å². The molecule has 2 aromatic carbocycles. The maximum absolute atomic E-state index is 12.6. The zero-order valence-electron chi connectivity index (χ0n) is 14.5. The fraction of sp³-hybridized carbons (Fsp3) is 0.111. The third kappa shape index (κ3) is 3.63. The number of carbonyl (C=O) groups excluding carboxylic acids is 2. The number of fused-ring (bicyclic) bond motifs is 1. The molecule has 3 aromatic rings. The lowest BCUT2D eigenvalue weighted by molar-refractivity contribution is 0.0594. The van der Waals surface area contributed by atoms with Gasteiger partial charge in [-0.05, 0) is 19.1 Å². The maximum atomic E-state index is 12.6. The standard InChI is InChI=1S/C18H15N3O5S/c1-11-7-9-12(10-8-11)27(24,25)21-17(22)15-13-5-3-4-6-14(13)16(20-19-15)18(23)26-2/h3-10H,1-2H3,(H,21,22). The highest BCUT2D eigenvalue weighted by atomic mass is 32.2. The number of aryl methyl sites for hydroxylation is 1. The van der Waals surface area contributed by atoms with E-state index >= 15 is 0 Å². The predicted octanol–water partition coefficient (Wildman–Crippen LogP) is 1.84. The molecular weight excluding hydrogens is 370 g/mol. The van der Waals surface area contributed by atoms with Gasteiger partial charge in [0, 0.05) is 10.8 Å². The average Bonchev–Trinajstić information content (AvgIpc) is 2.66. The van der Waals surface area contributed by atoms with E-state index in [-0.39, 0.29) is 21.7 Å². The molecule has 0 bridgehead atoms. The van der Waals surface area contributed by atoms with Gasteiger partial charge in [0.2, 0.25) is 0 Å². The highest BCUT2D eigenvalue weighted by molar-refractivity contribution is 7.90. The van der Waals surface area contributed by atoms with Crippen LogP contribution < -0.4 is 4.72 Å². The van der Waals surface area contributed by atoms with Crippen LogP contribution in [0, 0.1) is 6.92 Å². The first-order valence-corrected chi connectivity index (χ1v) is 9.29. The van der Waals surface area contributed by atoms with Crippen LogP contribution in [0.15, 0.2) is 53.4 Å². The summed E-state index contributed by atoms with van der Waals surface area (Å²) in [6.45, 7) is 1.82. The normalized spacial score (nSPS) is 11.2. The van der Waals surface area contributed by atoms with Gasteiger partial charge in [0.25, 0.3) is 15.9 Å². The summed E-state index contributed by atoms with van der Waals surface area (Å²) in [6, 6.07) is 12.5. The molecule has 0 fully saturated rings. The van der Waals surface area contributed by atoms with Gasteiger partial charge in [-0.1, -0.05) is 42.0 Å². The average molecular weight is 385 g/mol. The monoisotopic (exact) mass is 385 g/mol. The van der Waals surface area contributed by atoms with Crippen molar-refractivity contribution in [3.63, 3.8) is 0 Å². The third-order valence-electron chi connectivity index (χ3n) is 3.84. The van der Waals surface area contributed by atoms with Crippen LogP contribution in [0.3, 0.4) is 0 Å². The SMILES string of the molecule is COC(=O)c1nnc(C(=O)NS(=O)(=O)c2ccc(C)cc2)c2ccccc12. The summed E-state index contributed by atoms with van der Waals surface area (Å²) >= 11 is 0. The van der Waals surface area contributed by atoms with Crippen molar-refractivity contribution in [1.29, 1.82) is 0 Å². The lowest BCUT2D eigenvalue weighted by atomic mass is 10.1. The first-order chi connectivity index (χ1) is 12.8. The zero-order chi connectivity index (χ0) is 19.6. The van der Waals surface area contributed by atoms with Gasteiger partial charge in [0.15, 0.2) is 11.4 Å². The molecule has 0 aliphatic rings. The van der Waals surface area contributed by atoms with Crippen molar-refractivity contribution in [3.05, 3.63) is 65.5 Å². The van der Waals surface area contributed by atoms with Crippen molar-refractivity contribution in [2.75, 3.05) is 7.11 Å². The lowest BCUT2D eigenvalue weighted by Gasteiger charge is -2.09. The van der Waals surface area contributed by atoms with Gasteiger partial charge in [0.05, 0.1) is 12.0 Å². The molecule has 1 aromatic heterocycles. The number of esters is 1. The molecule has 0 spiro atoms. The maximum Gasteiger partial charge on any atom is 0.359 e. The molecule has 0 unspecified atom stereocenters. The van der Waals surface area contributed by atoms with Gasteiger partial charge < -0.3 is 4.74 Å². The number of hydrogen-bond donors (Lipinski definition) is 1. The van der Waals surface area contributed by atoms with E-state index in [4.69, 9.17) is 0 Å². The number of amides is 1. The Morgan fingerprint density at radius 2 is 1.48 bits per heavy atom. The number of benzene rings is 2. The Morgan fingerprint density at radius 3 is 2.07 bits per heavy atom. The molecule has 0 aliphatic heterocycles. The number of nitrogens with one attached hydrogen (secondary N) is 1. The summed E-state index contributed by atoms with van der Waals surface area (Å²) in [6.07, 6.45) is 0. The second-order valence-electron chi connectivity index (χ2n) is 5.68.